The van der Waals surface area contributed by atoms with E-state index in [-0.39, 0.29) is 11.8 Å². The van der Waals surface area contributed by atoms with Gasteiger partial charge in [0.15, 0.2) is 0 Å². The zero-order valence-electron chi connectivity index (χ0n) is 20.6. The highest BCUT2D eigenvalue weighted by atomic mass is 16.2. The van der Waals surface area contributed by atoms with Crippen LogP contribution in [0.25, 0.3) is 10.8 Å². The summed E-state index contributed by atoms with van der Waals surface area (Å²) in [5, 5.41) is 5.32. The lowest BCUT2D eigenvalue weighted by atomic mass is 10.0. The van der Waals surface area contributed by atoms with E-state index in [2.05, 4.69) is 54.1 Å². The zero-order valence-corrected chi connectivity index (χ0v) is 20.6. The topological polar surface area (TPSA) is 52.7 Å². The summed E-state index contributed by atoms with van der Waals surface area (Å²) in [5.41, 5.74) is 4.14. The SMILES string of the molecule is CCc1cccc(CC)c1NC(=O)CN1CCCN(C(=O)C#Cc2cccc3ccccc23)CC1. The summed E-state index contributed by atoms with van der Waals surface area (Å²) in [4.78, 5) is 29.6. The van der Waals surface area contributed by atoms with E-state index < -0.39 is 0 Å². The fourth-order valence-electron chi connectivity index (χ4n) is 4.65. The van der Waals surface area contributed by atoms with E-state index in [1.54, 1.807) is 4.90 Å². The fourth-order valence-corrected chi connectivity index (χ4v) is 4.65. The number of fused-ring (bicyclic) bond motifs is 1. The molecule has 3 aromatic carbocycles. The standard InChI is InChI=1S/C30H33N3O2/c1-3-23-11-7-12-24(4-2)30(23)31-28(34)22-32-18-9-19-33(21-20-32)29(35)17-16-26-14-8-13-25-10-5-6-15-27(25)26/h5-8,10-15H,3-4,9,18-22H2,1-2H3,(H,31,34). The van der Waals surface area contributed by atoms with Crippen LogP contribution in [0.3, 0.4) is 0 Å². The first-order chi connectivity index (χ1) is 17.1. The molecule has 1 fully saturated rings. The van der Waals surface area contributed by atoms with Crippen LogP contribution in [-0.2, 0) is 22.4 Å². The molecule has 5 heteroatoms. The number of rotatable bonds is 5. The smallest absolute Gasteiger partial charge is 0.298 e. The first-order valence-corrected chi connectivity index (χ1v) is 12.5. The minimum Gasteiger partial charge on any atom is -0.331 e. The molecule has 0 saturated carbocycles. The monoisotopic (exact) mass is 467 g/mol. The van der Waals surface area contributed by atoms with Gasteiger partial charge >= 0.3 is 0 Å². The van der Waals surface area contributed by atoms with E-state index in [1.807, 2.05) is 42.5 Å². The third kappa shape index (κ3) is 6.09. The van der Waals surface area contributed by atoms with E-state index in [0.717, 1.165) is 59.0 Å². The normalized spacial score (nSPS) is 14.2. The van der Waals surface area contributed by atoms with E-state index in [1.165, 1.54) is 0 Å². The van der Waals surface area contributed by atoms with Crippen LogP contribution in [0.15, 0.2) is 60.7 Å². The summed E-state index contributed by atoms with van der Waals surface area (Å²) < 4.78 is 0. The number of carbonyl (C=O) groups is 2. The summed E-state index contributed by atoms with van der Waals surface area (Å²) in [7, 11) is 0. The second kappa shape index (κ2) is 11.7. The minimum atomic E-state index is -0.159. The molecule has 0 spiro atoms. The van der Waals surface area contributed by atoms with Crippen molar-refractivity contribution in [2.75, 3.05) is 38.0 Å². The largest absolute Gasteiger partial charge is 0.331 e. The molecule has 1 heterocycles. The lowest BCUT2D eigenvalue weighted by molar-refractivity contribution is -0.124. The highest BCUT2D eigenvalue weighted by Gasteiger charge is 2.20. The molecule has 1 aliphatic rings. The zero-order chi connectivity index (χ0) is 24.6. The maximum atomic E-state index is 12.9. The Morgan fingerprint density at radius 1 is 0.857 bits per heavy atom. The van der Waals surface area contributed by atoms with Crippen LogP contribution in [0.2, 0.25) is 0 Å². The van der Waals surface area contributed by atoms with Gasteiger partial charge in [-0.1, -0.05) is 74.4 Å². The number of aryl methyl sites for hydroxylation is 2. The van der Waals surface area contributed by atoms with Crippen molar-refractivity contribution < 1.29 is 9.59 Å². The summed E-state index contributed by atoms with van der Waals surface area (Å²) in [5.74, 6) is 5.76. The summed E-state index contributed by atoms with van der Waals surface area (Å²) >= 11 is 0. The molecule has 180 valence electrons. The Morgan fingerprint density at radius 3 is 2.34 bits per heavy atom. The first-order valence-electron chi connectivity index (χ1n) is 12.5. The quantitative estimate of drug-likeness (QED) is 0.563. The molecule has 0 aliphatic carbocycles. The third-order valence-electron chi connectivity index (χ3n) is 6.60. The van der Waals surface area contributed by atoms with Gasteiger partial charge in [0.2, 0.25) is 5.91 Å². The van der Waals surface area contributed by atoms with Gasteiger partial charge in [-0.15, -0.1) is 0 Å². The van der Waals surface area contributed by atoms with E-state index in [0.29, 0.717) is 26.2 Å². The number of nitrogens with one attached hydrogen (secondary N) is 1. The number of nitrogens with zero attached hydrogens (tertiary/aromatic N) is 2. The summed E-state index contributed by atoms with van der Waals surface area (Å²) in [6.45, 7) is 7.20. The Hall–Kier alpha value is -3.62. The molecule has 1 aliphatic heterocycles. The molecule has 1 saturated heterocycles. The van der Waals surface area contributed by atoms with Crippen LogP contribution in [-0.4, -0.2) is 54.3 Å². The predicted molar refractivity (Wildman–Crippen MR) is 142 cm³/mol. The van der Waals surface area contributed by atoms with Crippen LogP contribution in [0.4, 0.5) is 5.69 Å². The van der Waals surface area contributed by atoms with Crippen molar-refractivity contribution in [3.63, 3.8) is 0 Å². The predicted octanol–water partition coefficient (Wildman–Crippen LogP) is 4.49. The average molecular weight is 468 g/mol. The maximum Gasteiger partial charge on any atom is 0.298 e. The van der Waals surface area contributed by atoms with Crippen molar-refractivity contribution >= 4 is 28.3 Å². The fraction of sp³-hybridized carbons (Fsp3) is 0.333. The molecule has 2 amide bonds. The van der Waals surface area contributed by atoms with Gasteiger partial charge in [0.05, 0.1) is 6.54 Å². The van der Waals surface area contributed by atoms with Gasteiger partial charge in [-0.3, -0.25) is 14.5 Å². The molecule has 35 heavy (non-hydrogen) atoms. The Labute approximate surface area is 208 Å². The van der Waals surface area contributed by atoms with Gasteiger partial charge < -0.3 is 10.2 Å². The Balaban J connectivity index is 1.35. The maximum absolute atomic E-state index is 12.9. The molecule has 0 aromatic heterocycles. The Bertz CT molecular complexity index is 1240. The molecule has 0 unspecified atom stereocenters. The van der Waals surface area contributed by atoms with Gasteiger partial charge in [-0.25, -0.2) is 0 Å². The van der Waals surface area contributed by atoms with Crippen LogP contribution < -0.4 is 5.32 Å². The first kappa shape index (κ1) is 24.5. The Morgan fingerprint density at radius 2 is 1.57 bits per heavy atom. The molecule has 3 aromatic rings. The van der Waals surface area contributed by atoms with E-state index in [9.17, 15) is 9.59 Å². The second-order valence-corrected chi connectivity index (χ2v) is 8.91. The number of carbonyl (C=O) groups excluding carboxylic acids is 2. The highest BCUT2D eigenvalue weighted by molar-refractivity contribution is 5.96. The molecule has 0 atom stereocenters. The van der Waals surface area contributed by atoms with Gasteiger partial charge in [-0.05, 0) is 47.2 Å². The van der Waals surface area contributed by atoms with Crippen molar-refractivity contribution in [3.8, 4) is 11.8 Å². The highest BCUT2D eigenvalue weighted by Crippen LogP contribution is 2.22. The molecule has 4 rings (SSSR count). The lowest BCUT2D eigenvalue weighted by Crippen LogP contribution is -2.37. The number of para-hydroxylation sites is 1. The van der Waals surface area contributed by atoms with Crippen molar-refractivity contribution in [1.82, 2.24) is 9.80 Å². The summed E-state index contributed by atoms with van der Waals surface area (Å²) in [6, 6.07) is 20.2. The number of hydrogen-bond acceptors (Lipinski definition) is 3. The molecule has 0 bridgehead atoms. The minimum absolute atomic E-state index is 0.00359. The van der Waals surface area contributed by atoms with Gasteiger partial charge in [0, 0.05) is 43.4 Å². The van der Waals surface area contributed by atoms with Crippen molar-refractivity contribution in [1.29, 1.82) is 0 Å². The third-order valence-corrected chi connectivity index (χ3v) is 6.60. The number of benzene rings is 3. The molecule has 0 radical (unpaired) electrons. The van der Waals surface area contributed by atoms with E-state index in [4.69, 9.17) is 0 Å². The number of anilines is 1. The molecule has 5 nitrogen and oxygen atoms in total. The van der Waals surface area contributed by atoms with Crippen LogP contribution in [0, 0.1) is 11.8 Å². The van der Waals surface area contributed by atoms with Crippen molar-refractivity contribution in [2.45, 2.75) is 33.1 Å². The van der Waals surface area contributed by atoms with Gasteiger partial charge in [0.25, 0.3) is 5.91 Å². The van der Waals surface area contributed by atoms with E-state index >= 15 is 0 Å². The van der Waals surface area contributed by atoms with Gasteiger partial charge in [0.1, 0.15) is 0 Å². The molecule has 1 N–H and O–H groups in total. The number of amides is 2. The van der Waals surface area contributed by atoms with Gasteiger partial charge in [-0.2, -0.15) is 0 Å². The van der Waals surface area contributed by atoms with Crippen molar-refractivity contribution in [2.24, 2.45) is 0 Å². The Kier molecular flexibility index (Phi) is 8.18. The molecular weight excluding hydrogens is 434 g/mol. The summed E-state index contributed by atoms with van der Waals surface area (Å²) in [6.07, 6.45) is 2.58. The molecular formula is C30H33N3O2. The number of hydrogen-bond donors (Lipinski definition) is 1. The second-order valence-electron chi connectivity index (χ2n) is 8.91. The van der Waals surface area contributed by atoms with Crippen LogP contribution in [0.1, 0.15) is 37.0 Å². The van der Waals surface area contributed by atoms with Crippen molar-refractivity contribution in [3.05, 3.63) is 77.4 Å². The lowest BCUT2D eigenvalue weighted by Gasteiger charge is -2.21. The average Bonchev–Trinajstić information content (AvgIpc) is 3.12. The van der Waals surface area contributed by atoms with Crippen LogP contribution in [0.5, 0.6) is 0 Å². The van der Waals surface area contributed by atoms with Crippen LogP contribution >= 0.6 is 0 Å².